The van der Waals surface area contributed by atoms with E-state index in [0.29, 0.717) is 12.5 Å². The van der Waals surface area contributed by atoms with Gasteiger partial charge in [-0.15, -0.1) is 0 Å². The predicted octanol–water partition coefficient (Wildman–Crippen LogP) is 3.31. The molecule has 3 heterocycles. The summed E-state index contributed by atoms with van der Waals surface area (Å²) in [6.07, 6.45) is 5.75. The summed E-state index contributed by atoms with van der Waals surface area (Å²) in [5.41, 5.74) is 12.3. The molecule has 1 aromatic carbocycles. The van der Waals surface area contributed by atoms with Crippen LogP contribution in [0.3, 0.4) is 0 Å². The molecular weight excluding hydrogens is 362 g/mol. The zero-order valence-electron chi connectivity index (χ0n) is 17.4. The Labute approximate surface area is 171 Å². The monoisotopic (exact) mass is 391 g/mol. The number of benzene rings is 1. The lowest BCUT2D eigenvalue weighted by Crippen LogP contribution is -2.38. The first-order chi connectivity index (χ1) is 14.0. The van der Waals surface area contributed by atoms with Crippen molar-refractivity contribution >= 4 is 5.91 Å². The van der Waals surface area contributed by atoms with Crippen LogP contribution in [0.1, 0.15) is 51.6 Å². The van der Waals surface area contributed by atoms with Gasteiger partial charge in [0.1, 0.15) is 0 Å². The van der Waals surface area contributed by atoms with Gasteiger partial charge in [-0.3, -0.25) is 9.48 Å². The van der Waals surface area contributed by atoms with Crippen molar-refractivity contribution in [3.63, 3.8) is 0 Å². The number of hydrogen-bond acceptors (Lipinski definition) is 3. The fraction of sp³-hybridized carbons (Fsp3) is 0.391. The van der Waals surface area contributed by atoms with E-state index < -0.39 is 0 Å². The van der Waals surface area contributed by atoms with E-state index >= 15 is 0 Å². The molecule has 2 N–H and O–H groups in total. The number of carbonyl (C=O) groups excluding carboxylic acids is 1. The van der Waals surface area contributed by atoms with E-state index in [4.69, 9.17) is 5.73 Å². The Bertz CT molecular complexity index is 1020. The number of nitrogens with zero attached hydrogens (tertiary/aromatic N) is 4. The third kappa shape index (κ3) is 3.60. The van der Waals surface area contributed by atoms with E-state index in [0.717, 1.165) is 48.6 Å². The highest BCUT2D eigenvalue weighted by atomic mass is 16.2. The van der Waals surface area contributed by atoms with Gasteiger partial charge in [-0.25, -0.2) is 0 Å². The van der Waals surface area contributed by atoms with Crippen LogP contribution in [0.5, 0.6) is 0 Å². The quantitative estimate of drug-likeness (QED) is 0.742. The van der Waals surface area contributed by atoms with Gasteiger partial charge in [-0.1, -0.05) is 24.3 Å². The van der Waals surface area contributed by atoms with Crippen molar-refractivity contribution < 1.29 is 4.79 Å². The lowest BCUT2D eigenvalue weighted by atomic mass is 9.86. The van der Waals surface area contributed by atoms with Crippen molar-refractivity contribution in [3.05, 3.63) is 70.8 Å². The lowest BCUT2D eigenvalue weighted by Gasteiger charge is -2.33. The molecule has 152 valence electrons. The van der Waals surface area contributed by atoms with Gasteiger partial charge in [0.15, 0.2) is 0 Å². The number of aromatic nitrogens is 3. The van der Waals surface area contributed by atoms with Gasteiger partial charge in [-0.05, 0) is 49.8 Å². The van der Waals surface area contributed by atoms with Crippen LogP contribution < -0.4 is 5.73 Å². The highest BCUT2D eigenvalue weighted by Gasteiger charge is 2.28. The summed E-state index contributed by atoms with van der Waals surface area (Å²) in [5.74, 6) is 0.598. The second kappa shape index (κ2) is 7.87. The van der Waals surface area contributed by atoms with Crippen molar-refractivity contribution in [1.82, 2.24) is 19.2 Å². The molecule has 0 bridgehead atoms. The second-order valence-corrected chi connectivity index (χ2v) is 7.96. The first kappa shape index (κ1) is 19.5. The van der Waals surface area contributed by atoms with Crippen molar-refractivity contribution in [2.75, 3.05) is 13.1 Å². The molecule has 29 heavy (non-hydrogen) atoms. The van der Waals surface area contributed by atoms with E-state index in [9.17, 15) is 4.79 Å². The number of nitrogens with two attached hydrogens (primary N) is 1. The summed E-state index contributed by atoms with van der Waals surface area (Å²) in [4.78, 5) is 15.3. The van der Waals surface area contributed by atoms with Crippen molar-refractivity contribution in [2.45, 2.75) is 39.2 Å². The maximum atomic E-state index is 13.3. The standard InChI is InChI=1S/C23H29N5O/c1-16-12-22(17(2)28(16)20-14-25-26(3)15-20)23(29)27-10-8-18(9-11-27)21-7-5-4-6-19(21)13-24/h4-7,12,14-15,18H,8-11,13,24H2,1-3H3. The zero-order valence-corrected chi connectivity index (χ0v) is 17.4. The summed E-state index contributed by atoms with van der Waals surface area (Å²) >= 11 is 0. The highest BCUT2D eigenvalue weighted by Crippen LogP contribution is 2.31. The number of amides is 1. The average Bonchev–Trinajstić information content (AvgIpc) is 3.29. The van der Waals surface area contributed by atoms with Crippen LogP contribution in [0, 0.1) is 13.8 Å². The SMILES string of the molecule is Cc1cc(C(=O)N2CCC(c3ccccc3CN)CC2)c(C)n1-c1cnn(C)c1. The minimum atomic E-state index is 0.124. The maximum Gasteiger partial charge on any atom is 0.255 e. The van der Waals surface area contributed by atoms with Crippen LogP contribution in [-0.2, 0) is 13.6 Å². The fourth-order valence-corrected chi connectivity index (χ4v) is 4.58. The molecule has 4 rings (SSSR count). The molecule has 1 amide bonds. The molecule has 0 spiro atoms. The average molecular weight is 392 g/mol. The van der Waals surface area contributed by atoms with E-state index in [1.807, 2.05) is 50.3 Å². The van der Waals surface area contributed by atoms with E-state index in [2.05, 4.69) is 27.9 Å². The van der Waals surface area contributed by atoms with Gasteiger partial charge in [0.05, 0.1) is 17.4 Å². The van der Waals surface area contributed by atoms with Crippen molar-refractivity contribution in [1.29, 1.82) is 0 Å². The number of aryl methyl sites for hydroxylation is 2. The normalized spacial score (nSPS) is 15.1. The van der Waals surface area contributed by atoms with Crippen LogP contribution in [0.2, 0.25) is 0 Å². The molecule has 0 saturated carbocycles. The Morgan fingerprint density at radius 3 is 2.59 bits per heavy atom. The number of piperidine rings is 1. The third-order valence-corrected chi connectivity index (χ3v) is 6.11. The van der Waals surface area contributed by atoms with Crippen molar-refractivity contribution in [2.24, 2.45) is 12.8 Å². The van der Waals surface area contributed by atoms with Crippen LogP contribution in [-0.4, -0.2) is 38.2 Å². The van der Waals surface area contributed by atoms with Crippen LogP contribution >= 0.6 is 0 Å². The molecule has 1 fully saturated rings. The van der Waals surface area contributed by atoms with Gasteiger partial charge >= 0.3 is 0 Å². The zero-order chi connectivity index (χ0) is 20.5. The number of carbonyl (C=O) groups is 1. The molecule has 0 radical (unpaired) electrons. The molecule has 6 heteroatoms. The van der Waals surface area contributed by atoms with Crippen molar-refractivity contribution in [3.8, 4) is 5.69 Å². The second-order valence-electron chi connectivity index (χ2n) is 7.96. The largest absolute Gasteiger partial charge is 0.339 e. The molecule has 6 nitrogen and oxygen atoms in total. The highest BCUT2D eigenvalue weighted by molar-refractivity contribution is 5.96. The molecule has 2 aromatic heterocycles. The van der Waals surface area contributed by atoms with E-state index in [1.54, 1.807) is 4.68 Å². The third-order valence-electron chi connectivity index (χ3n) is 6.11. The minimum Gasteiger partial charge on any atom is -0.339 e. The first-order valence-corrected chi connectivity index (χ1v) is 10.2. The van der Waals surface area contributed by atoms with Crippen LogP contribution in [0.4, 0.5) is 0 Å². The maximum absolute atomic E-state index is 13.3. The van der Waals surface area contributed by atoms with Gasteiger partial charge < -0.3 is 15.2 Å². The summed E-state index contributed by atoms with van der Waals surface area (Å²) in [6.45, 7) is 6.16. The van der Waals surface area contributed by atoms with Gasteiger partial charge in [-0.2, -0.15) is 5.10 Å². The fourth-order valence-electron chi connectivity index (χ4n) is 4.58. The first-order valence-electron chi connectivity index (χ1n) is 10.2. The Kier molecular flexibility index (Phi) is 5.28. The topological polar surface area (TPSA) is 69.1 Å². The molecule has 3 aromatic rings. The molecule has 0 unspecified atom stereocenters. The summed E-state index contributed by atoms with van der Waals surface area (Å²) < 4.78 is 3.88. The summed E-state index contributed by atoms with van der Waals surface area (Å²) in [5, 5.41) is 4.26. The molecule has 1 saturated heterocycles. The smallest absolute Gasteiger partial charge is 0.255 e. The summed E-state index contributed by atoms with van der Waals surface area (Å²) in [6, 6.07) is 10.4. The molecule has 0 atom stereocenters. The number of hydrogen-bond donors (Lipinski definition) is 1. The van der Waals surface area contributed by atoms with Gasteiger partial charge in [0.25, 0.3) is 5.91 Å². The van der Waals surface area contributed by atoms with Gasteiger partial charge in [0, 0.05) is 44.3 Å². The molecule has 1 aliphatic rings. The molecule has 1 aliphatic heterocycles. The Morgan fingerprint density at radius 1 is 1.21 bits per heavy atom. The Balaban J connectivity index is 1.51. The van der Waals surface area contributed by atoms with E-state index in [1.165, 1.54) is 11.1 Å². The minimum absolute atomic E-state index is 0.124. The van der Waals surface area contributed by atoms with Gasteiger partial charge in [0.2, 0.25) is 0 Å². The van der Waals surface area contributed by atoms with Crippen LogP contribution in [0.25, 0.3) is 5.69 Å². The van der Waals surface area contributed by atoms with E-state index in [-0.39, 0.29) is 5.91 Å². The number of likely N-dealkylation sites (tertiary alicyclic amines) is 1. The predicted molar refractivity (Wildman–Crippen MR) is 114 cm³/mol. The number of rotatable bonds is 4. The Morgan fingerprint density at radius 2 is 1.93 bits per heavy atom. The molecule has 0 aliphatic carbocycles. The molecular formula is C23H29N5O. The van der Waals surface area contributed by atoms with Crippen LogP contribution in [0.15, 0.2) is 42.7 Å². The lowest BCUT2D eigenvalue weighted by molar-refractivity contribution is 0.0712. The summed E-state index contributed by atoms with van der Waals surface area (Å²) in [7, 11) is 1.90. The Hall–Kier alpha value is -2.86.